The number of fused-ring (bicyclic) bond motifs is 1. The average molecular weight is 268 g/mol. The number of hydrogen-bond acceptors (Lipinski definition) is 4. The molecule has 0 atom stereocenters. The quantitative estimate of drug-likeness (QED) is 0.765. The Hall–Kier alpha value is -2.89. The molecular formula is C14H12N4O2. The lowest BCUT2D eigenvalue weighted by molar-refractivity contribution is 0.155. The van der Waals surface area contributed by atoms with E-state index in [0.717, 1.165) is 10.9 Å². The summed E-state index contributed by atoms with van der Waals surface area (Å²) < 4.78 is 5.13. The molecule has 0 aliphatic carbocycles. The third-order valence-electron chi connectivity index (χ3n) is 2.77. The molecule has 0 radical (unpaired) electrons. The summed E-state index contributed by atoms with van der Waals surface area (Å²) in [6, 6.07) is 13.1. The number of ether oxygens (including phenoxy) is 1. The van der Waals surface area contributed by atoms with Gasteiger partial charge in [0.05, 0.1) is 5.39 Å². The molecule has 1 amide bonds. The molecule has 0 spiro atoms. The predicted molar refractivity (Wildman–Crippen MR) is 74.1 cm³/mol. The minimum absolute atomic E-state index is 0.219. The number of nitrogens with zero attached hydrogens (tertiary/aromatic N) is 2. The Labute approximate surface area is 114 Å². The molecular weight excluding hydrogens is 256 g/mol. The second kappa shape index (κ2) is 5.40. The van der Waals surface area contributed by atoms with Crippen molar-refractivity contribution < 1.29 is 9.53 Å². The molecule has 2 N–H and O–H groups in total. The first-order valence-corrected chi connectivity index (χ1v) is 6.10. The molecule has 6 heteroatoms. The number of carbonyl (C=O) groups is 1. The van der Waals surface area contributed by atoms with E-state index < -0.39 is 6.09 Å². The van der Waals surface area contributed by atoms with Gasteiger partial charge in [0.1, 0.15) is 12.4 Å². The number of amides is 1. The molecule has 3 rings (SSSR count). The molecule has 0 fully saturated rings. The van der Waals surface area contributed by atoms with E-state index in [1.807, 2.05) is 36.4 Å². The fourth-order valence-electron chi connectivity index (χ4n) is 1.81. The molecule has 20 heavy (non-hydrogen) atoms. The number of aromatic amines is 1. The Balaban J connectivity index is 1.64. The largest absolute Gasteiger partial charge is 0.444 e. The van der Waals surface area contributed by atoms with Crippen molar-refractivity contribution in [1.82, 2.24) is 15.2 Å². The molecule has 0 aliphatic rings. The van der Waals surface area contributed by atoms with Crippen LogP contribution in [0, 0.1) is 0 Å². The fourth-order valence-corrected chi connectivity index (χ4v) is 1.81. The molecule has 0 saturated heterocycles. The zero-order chi connectivity index (χ0) is 13.8. The number of hydrogen-bond donors (Lipinski definition) is 2. The standard InChI is InChI=1S/C14H12N4O2/c19-14(20-9-10-5-2-1-3-6-10)16-13-11-7-4-8-15-12(11)17-18-13/h1-8H,9H2,(H2,15,16,17,18,19). The lowest BCUT2D eigenvalue weighted by Gasteiger charge is -2.05. The fraction of sp³-hybridized carbons (Fsp3) is 0.0714. The Morgan fingerprint density at radius 2 is 2.05 bits per heavy atom. The summed E-state index contributed by atoms with van der Waals surface area (Å²) in [5, 5.41) is 10.1. The molecule has 2 heterocycles. The highest BCUT2D eigenvalue weighted by Gasteiger charge is 2.09. The van der Waals surface area contributed by atoms with Crippen LogP contribution in [0.5, 0.6) is 0 Å². The van der Waals surface area contributed by atoms with E-state index in [-0.39, 0.29) is 6.61 Å². The summed E-state index contributed by atoms with van der Waals surface area (Å²) in [4.78, 5) is 15.8. The molecule has 1 aromatic carbocycles. The van der Waals surface area contributed by atoms with E-state index in [2.05, 4.69) is 20.5 Å². The summed E-state index contributed by atoms with van der Waals surface area (Å²) in [5.41, 5.74) is 1.48. The van der Waals surface area contributed by atoms with Crippen LogP contribution in [0.1, 0.15) is 5.56 Å². The topological polar surface area (TPSA) is 79.9 Å². The molecule has 0 saturated carbocycles. The van der Waals surface area contributed by atoms with Crippen LogP contribution >= 0.6 is 0 Å². The first-order valence-electron chi connectivity index (χ1n) is 6.10. The van der Waals surface area contributed by atoms with Gasteiger partial charge in [-0.05, 0) is 17.7 Å². The van der Waals surface area contributed by atoms with Crippen LogP contribution in [-0.4, -0.2) is 21.3 Å². The number of nitrogens with one attached hydrogen (secondary N) is 2. The SMILES string of the molecule is O=C(Nc1[nH]nc2ncccc12)OCc1ccccc1. The van der Waals surface area contributed by atoms with Gasteiger partial charge >= 0.3 is 6.09 Å². The van der Waals surface area contributed by atoms with Gasteiger partial charge in [0.15, 0.2) is 5.65 Å². The number of aromatic nitrogens is 3. The monoisotopic (exact) mass is 268 g/mol. The summed E-state index contributed by atoms with van der Waals surface area (Å²) in [6.45, 7) is 0.219. The van der Waals surface area contributed by atoms with Gasteiger partial charge in [-0.25, -0.2) is 9.78 Å². The van der Waals surface area contributed by atoms with Crippen LogP contribution in [0.2, 0.25) is 0 Å². The van der Waals surface area contributed by atoms with E-state index in [9.17, 15) is 4.79 Å². The van der Waals surface area contributed by atoms with Crippen molar-refractivity contribution in [3.8, 4) is 0 Å². The van der Waals surface area contributed by atoms with Crippen LogP contribution in [0.4, 0.5) is 10.6 Å². The van der Waals surface area contributed by atoms with Crippen LogP contribution in [-0.2, 0) is 11.3 Å². The number of carbonyl (C=O) groups excluding carboxylic acids is 1. The lowest BCUT2D eigenvalue weighted by atomic mass is 10.2. The molecule has 6 nitrogen and oxygen atoms in total. The smallest absolute Gasteiger partial charge is 0.413 e. The van der Waals surface area contributed by atoms with Crippen molar-refractivity contribution in [3.05, 3.63) is 54.2 Å². The van der Waals surface area contributed by atoms with Gasteiger partial charge < -0.3 is 4.74 Å². The van der Waals surface area contributed by atoms with Crippen LogP contribution in [0.15, 0.2) is 48.7 Å². The zero-order valence-corrected chi connectivity index (χ0v) is 10.5. The van der Waals surface area contributed by atoms with E-state index in [1.54, 1.807) is 12.3 Å². The number of benzene rings is 1. The summed E-state index contributed by atoms with van der Waals surface area (Å²) >= 11 is 0. The summed E-state index contributed by atoms with van der Waals surface area (Å²) in [5.74, 6) is 0.478. The number of pyridine rings is 1. The average Bonchev–Trinajstić information content (AvgIpc) is 2.90. The maximum Gasteiger partial charge on any atom is 0.413 e. The molecule has 3 aromatic rings. The Morgan fingerprint density at radius 1 is 1.20 bits per heavy atom. The predicted octanol–water partition coefficient (Wildman–Crippen LogP) is 2.71. The van der Waals surface area contributed by atoms with Gasteiger partial charge in [-0.1, -0.05) is 30.3 Å². The van der Waals surface area contributed by atoms with E-state index >= 15 is 0 Å². The third-order valence-corrected chi connectivity index (χ3v) is 2.77. The maximum atomic E-state index is 11.7. The van der Waals surface area contributed by atoms with E-state index in [0.29, 0.717) is 11.5 Å². The van der Waals surface area contributed by atoms with Crippen LogP contribution in [0.25, 0.3) is 11.0 Å². The Bertz CT molecular complexity index is 724. The minimum Gasteiger partial charge on any atom is -0.444 e. The van der Waals surface area contributed by atoms with Crippen LogP contribution in [0.3, 0.4) is 0 Å². The normalized spacial score (nSPS) is 10.4. The van der Waals surface area contributed by atoms with E-state index in [4.69, 9.17) is 4.74 Å². The molecule has 100 valence electrons. The Morgan fingerprint density at radius 3 is 2.90 bits per heavy atom. The summed E-state index contributed by atoms with van der Waals surface area (Å²) in [7, 11) is 0. The van der Waals surface area contributed by atoms with Crippen molar-refractivity contribution in [1.29, 1.82) is 0 Å². The van der Waals surface area contributed by atoms with Crippen molar-refractivity contribution in [2.75, 3.05) is 5.32 Å². The Kier molecular flexibility index (Phi) is 3.28. The molecule has 0 aliphatic heterocycles. The zero-order valence-electron chi connectivity index (χ0n) is 10.5. The van der Waals surface area contributed by atoms with Crippen molar-refractivity contribution in [2.24, 2.45) is 0 Å². The number of rotatable bonds is 3. The first kappa shape index (κ1) is 12.2. The van der Waals surface area contributed by atoms with Crippen LogP contribution < -0.4 is 5.32 Å². The highest BCUT2D eigenvalue weighted by Crippen LogP contribution is 2.17. The van der Waals surface area contributed by atoms with E-state index in [1.165, 1.54) is 0 Å². The minimum atomic E-state index is -0.539. The summed E-state index contributed by atoms with van der Waals surface area (Å²) in [6.07, 6.45) is 1.10. The molecule has 2 aromatic heterocycles. The van der Waals surface area contributed by atoms with Gasteiger partial charge in [0, 0.05) is 6.20 Å². The first-order chi connectivity index (χ1) is 9.83. The second-order valence-corrected chi connectivity index (χ2v) is 4.16. The lowest BCUT2D eigenvalue weighted by Crippen LogP contribution is -2.13. The number of anilines is 1. The van der Waals surface area contributed by atoms with Crippen molar-refractivity contribution in [3.63, 3.8) is 0 Å². The van der Waals surface area contributed by atoms with Crippen molar-refractivity contribution in [2.45, 2.75) is 6.61 Å². The maximum absolute atomic E-state index is 11.7. The van der Waals surface area contributed by atoms with Gasteiger partial charge in [0.25, 0.3) is 0 Å². The highest BCUT2D eigenvalue weighted by molar-refractivity contribution is 5.95. The van der Waals surface area contributed by atoms with Gasteiger partial charge in [-0.2, -0.15) is 5.10 Å². The number of H-pyrrole nitrogens is 1. The third kappa shape index (κ3) is 2.59. The molecule has 0 unspecified atom stereocenters. The van der Waals surface area contributed by atoms with Crippen molar-refractivity contribution >= 4 is 22.9 Å². The highest BCUT2D eigenvalue weighted by atomic mass is 16.5. The second-order valence-electron chi connectivity index (χ2n) is 4.16. The van der Waals surface area contributed by atoms with Gasteiger partial charge in [-0.15, -0.1) is 0 Å². The van der Waals surface area contributed by atoms with Gasteiger partial charge in [-0.3, -0.25) is 10.4 Å². The molecule has 0 bridgehead atoms. The van der Waals surface area contributed by atoms with Gasteiger partial charge in [0.2, 0.25) is 0 Å².